The van der Waals surface area contributed by atoms with E-state index in [-0.39, 0.29) is 0 Å². The molecule has 0 radical (unpaired) electrons. The topological polar surface area (TPSA) is 24.5 Å². The zero-order valence-electron chi connectivity index (χ0n) is 12.3. The SMILES string of the molecule is CN(C)C1(CNCc2cc(Br)cc3c2OCC3)CCC1. The van der Waals surface area contributed by atoms with Crippen molar-refractivity contribution in [3.8, 4) is 5.75 Å². The molecule has 2 aliphatic rings. The lowest BCUT2D eigenvalue weighted by Gasteiger charge is -2.47. The van der Waals surface area contributed by atoms with Crippen LogP contribution in [0.4, 0.5) is 0 Å². The molecule has 0 spiro atoms. The molecule has 0 unspecified atom stereocenters. The van der Waals surface area contributed by atoms with Gasteiger partial charge in [0.25, 0.3) is 0 Å². The highest BCUT2D eigenvalue weighted by Crippen LogP contribution is 2.36. The maximum Gasteiger partial charge on any atom is 0.127 e. The molecule has 3 rings (SSSR count). The summed E-state index contributed by atoms with van der Waals surface area (Å²) in [7, 11) is 4.39. The lowest BCUT2D eigenvalue weighted by atomic mass is 9.75. The molecule has 1 aliphatic carbocycles. The number of fused-ring (bicyclic) bond motifs is 1. The van der Waals surface area contributed by atoms with Crippen LogP contribution in [0.2, 0.25) is 0 Å². The fourth-order valence-electron chi connectivity index (χ4n) is 3.27. The number of nitrogens with zero attached hydrogens (tertiary/aromatic N) is 1. The van der Waals surface area contributed by atoms with Gasteiger partial charge in [-0.1, -0.05) is 15.9 Å². The van der Waals surface area contributed by atoms with E-state index >= 15 is 0 Å². The summed E-state index contributed by atoms with van der Waals surface area (Å²) in [5.74, 6) is 1.10. The van der Waals surface area contributed by atoms with Gasteiger partial charge in [0.1, 0.15) is 5.75 Å². The van der Waals surface area contributed by atoms with E-state index in [1.165, 1.54) is 30.4 Å². The van der Waals surface area contributed by atoms with Crippen LogP contribution in [-0.4, -0.2) is 37.7 Å². The van der Waals surface area contributed by atoms with E-state index < -0.39 is 0 Å². The van der Waals surface area contributed by atoms with Crippen LogP contribution in [0.15, 0.2) is 16.6 Å². The van der Waals surface area contributed by atoms with Crippen molar-refractivity contribution in [2.75, 3.05) is 27.2 Å². The van der Waals surface area contributed by atoms with Crippen molar-refractivity contribution in [1.29, 1.82) is 0 Å². The Morgan fingerprint density at radius 2 is 2.15 bits per heavy atom. The molecular formula is C16H23BrN2O. The van der Waals surface area contributed by atoms with Crippen molar-refractivity contribution in [1.82, 2.24) is 10.2 Å². The molecule has 1 N–H and O–H groups in total. The predicted molar refractivity (Wildman–Crippen MR) is 85.3 cm³/mol. The molecule has 0 atom stereocenters. The van der Waals surface area contributed by atoms with E-state index in [9.17, 15) is 0 Å². The smallest absolute Gasteiger partial charge is 0.127 e. The first kappa shape index (κ1) is 14.4. The van der Waals surface area contributed by atoms with Crippen LogP contribution in [0, 0.1) is 0 Å². The van der Waals surface area contributed by atoms with E-state index in [2.05, 4.69) is 52.4 Å². The standard InChI is InChI=1S/C16H23BrN2O/c1-19(2)16(5-3-6-16)11-18-10-13-9-14(17)8-12-4-7-20-15(12)13/h8-9,18H,3-7,10-11H2,1-2H3. The molecule has 1 heterocycles. The lowest BCUT2D eigenvalue weighted by Crippen LogP contribution is -2.56. The molecule has 1 aliphatic heterocycles. The first-order chi connectivity index (χ1) is 9.61. The number of halogens is 1. The highest BCUT2D eigenvalue weighted by molar-refractivity contribution is 9.10. The van der Waals surface area contributed by atoms with Crippen molar-refractivity contribution in [2.45, 2.75) is 37.8 Å². The molecule has 4 heteroatoms. The number of nitrogens with one attached hydrogen (secondary N) is 1. The number of rotatable bonds is 5. The van der Waals surface area contributed by atoms with Crippen LogP contribution in [0.3, 0.4) is 0 Å². The first-order valence-corrected chi connectivity index (χ1v) is 8.22. The third-order valence-electron chi connectivity index (χ3n) is 4.83. The van der Waals surface area contributed by atoms with Gasteiger partial charge >= 0.3 is 0 Å². The van der Waals surface area contributed by atoms with Crippen LogP contribution in [0.25, 0.3) is 0 Å². The summed E-state index contributed by atoms with van der Waals surface area (Å²) in [6, 6.07) is 4.36. The minimum atomic E-state index is 0.371. The predicted octanol–water partition coefficient (Wildman–Crippen LogP) is 2.96. The third-order valence-corrected chi connectivity index (χ3v) is 5.29. The largest absolute Gasteiger partial charge is 0.493 e. The quantitative estimate of drug-likeness (QED) is 0.893. The minimum absolute atomic E-state index is 0.371. The molecule has 0 saturated heterocycles. The highest BCUT2D eigenvalue weighted by Gasteiger charge is 2.38. The molecule has 3 nitrogen and oxygen atoms in total. The number of likely N-dealkylation sites (N-methyl/N-ethyl adjacent to an activating group) is 1. The van der Waals surface area contributed by atoms with Crippen molar-refractivity contribution >= 4 is 15.9 Å². The van der Waals surface area contributed by atoms with E-state index in [0.717, 1.165) is 36.3 Å². The van der Waals surface area contributed by atoms with E-state index in [0.29, 0.717) is 5.54 Å². The van der Waals surface area contributed by atoms with Crippen LogP contribution in [0.1, 0.15) is 30.4 Å². The van der Waals surface area contributed by atoms with Gasteiger partial charge in [0.15, 0.2) is 0 Å². The summed E-state index contributed by atoms with van der Waals surface area (Å²) in [6.07, 6.45) is 5.00. The lowest BCUT2D eigenvalue weighted by molar-refractivity contribution is 0.0597. The molecule has 0 bridgehead atoms. The first-order valence-electron chi connectivity index (χ1n) is 7.43. The zero-order chi connectivity index (χ0) is 14.2. The van der Waals surface area contributed by atoms with E-state index in [4.69, 9.17) is 4.74 Å². The number of hydrogen-bond acceptors (Lipinski definition) is 3. The molecular weight excluding hydrogens is 316 g/mol. The monoisotopic (exact) mass is 338 g/mol. The van der Waals surface area contributed by atoms with Gasteiger partial charge in [-0.15, -0.1) is 0 Å². The summed E-state index contributed by atoms with van der Waals surface area (Å²) >= 11 is 3.60. The molecule has 110 valence electrons. The fraction of sp³-hybridized carbons (Fsp3) is 0.625. The number of benzene rings is 1. The maximum atomic E-state index is 5.78. The fourth-order valence-corrected chi connectivity index (χ4v) is 3.83. The normalized spacial score (nSPS) is 19.6. The van der Waals surface area contributed by atoms with Gasteiger partial charge in [-0.3, -0.25) is 0 Å². The summed E-state index contributed by atoms with van der Waals surface area (Å²) in [5, 5.41) is 3.64. The molecule has 0 amide bonds. The Hall–Kier alpha value is -0.580. The Kier molecular flexibility index (Phi) is 4.07. The van der Waals surface area contributed by atoms with E-state index in [1.807, 2.05) is 0 Å². The second kappa shape index (κ2) is 5.66. The summed E-state index contributed by atoms with van der Waals surface area (Å²) in [4.78, 5) is 2.38. The molecule has 1 aromatic rings. The minimum Gasteiger partial charge on any atom is -0.493 e. The second-order valence-electron chi connectivity index (χ2n) is 6.23. The summed E-state index contributed by atoms with van der Waals surface area (Å²) < 4.78 is 6.94. The van der Waals surface area contributed by atoms with Gasteiger partial charge < -0.3 is 15.0 Å². The van der Waals surface area contributed by atoms with Gasteiger partial charge in [-0.2, -0.15) is 0 Å². The van der Waals surface area contributed by atoms with Gasteiger partial charge in [-0.05, 0) is 51.1 Å². The van der Waals surface area contributed by atoms with Crippen molar-refractivity contribution in [3.63, 3.8) is 0 Å². The number of ether oxygens (including phenoxy) is 1. The van der Waals surface area contributed by atoms with E-state index in [1.54, 1.807) is 0 Å². The Morgan fingerprint density at radius 1 is 1.35 bits per heavy atom. The third kappa shape index (κ3) is 2.61. The Labute approximate surface area is 129 Å². The Bertz CT molecular complexity index is 497. The number of hydrogen-bond donors (Lipinski definition) is 1. The molecule has 1 fully saturated rings. The second-order valence-corrected chi connectivity index (χ2v) is 7.14. The van der Waals surface area contributed by atoms with Gasteiger partial charge in [0.05, 0.1) is 6.61 Å². The molecule has 20 heavy (non-hydrogen) atoms. The van der Waals surface area contributed by atoms with Gasteiger partial charge in [0, 0.05) is 35.1 Å². The van der Waals surface area contributed by atoms with Gasteiger partial charge in [0.2, 0.25) is 0 Å². The van der Waals surface area contributed by atoms with Crippen molar-refractivity contribution < 1.29 is 4.74 Å². The van der Waals surface area contributed by atoms with Crippen molar-refractivity contribution in [3.05, 3.63) is 27.7 Å². The maximum absolute atomic E-state index is 5.78. The zero-order valence-corrected chi connectivity index (χ0v) is 13.9. The summed E-state index contributed by atoms with van der Waals surface area (Å²) in [5.41, 5.74) is 2.98. The molecule has 0 aromatic heterocycles. The Morgan fingerprint density at radius 3 is 2.80 bits per heavy atom. The van der Waals surface area contributed by atoms with Gasteiger partial charge in [-0.25, -0.2) is 0 Å². The average molecular weight is 339 g/mol. The average Bonchev–Trinajstić information content (AvgIpc) is 2.79. The highest BCUT2D eigenvalue weighted by atomic mass is 79.9. The molecule has 1 saturated carbocycles. The van der Waals surface area contributed by atoms with Crippen LogP contribution in [0.5, 0.6) is 5.75 Å². The Balaban J connectivity index is 1.65. The van der Waals surface area contributed by atoms with Crippen molar-refractivity contribution in [2.24, 2.45) is 0 Å². The summed E-state index contributed by atoms with van der Waals surface area (Å²) in [6.45, 7) is 2.76. The molecule has 1 aromatic carbocycles. The van der Waals surface area contributed by atoms with Crippen LogP contribution < -0.4 is 10.1 Å². The van der Waals surface area contributed by atoms with Crippen LogP contribution in [-0.2, 0) is 13.0 Å². The van der Waals surface area contributed by atoms with Crippen LogP contribution >= 0.6 is 15.9 Å².